The van der Waals surface area contributed by atoms with Crippen LogP contribution >= 0.6 is 0 Å². The number of hydrogen-bond acceptors (Lipinski definition) is 4. The molecule has 1 atom stereocenters. The first-order chi connectivity index (χ1) is 10.7. The van der Waals surface area contributed by atoms with Crippen LogP contribution in [-0.4, -0.2) is 17.5 Å². The third-order valence-electron chi connectivity index (χ3n) is 3.21. The number of benzene rings is 1. The molecule has 1 aromatic heterocycles. The maximum Gasteiger partial charge on any atom is 0.239 e. The Hall–Kier alpha value is -2.40. The average Bonchev–Trinajstić information content (AvgIpc) is 2.55. The van der Waals surface area contributed by atoms with Crippen LogP contribution in [0.4, 0.5) is 0 Å². The molecule has 1 heterocycles. The number of hydrogen-bond donors (Lipinski definition) is 2. The molecule has 3 N–H and O–H groups in total. The van der Waals surface area contributed by atoms with E-state index < -0.39 is 11.9 Å². The lowest BCUT2D eigenvalue weighted by Crippen LogP contribution is -2.33. The first kappa shape index (κ1) is 16.0. The predicted molar refractivity (Wildman–Crippen MR) is 85.2 cm³/mol. The van der Waals surface area contributed by atoms with Crippen LogP contribution in [0.2, 0.25) is 0 Å². The highest BCUT2D eigenvalue weighted by Crippen LogP contribution is 2.17. The Kier molecular flexibility index (Phi) is 5.91. The number of primary amides is 1. The molecular formula is C17H21N3O2. The van der Waals surface area contributed by atoms with E-state index in [2.05, 4.69) is 10.3 Å². The molecule has 1 aromatic carbocycles. The maximum atomic E-state index is 11.7. The summed E-state index contributed by atoms with van der Waals surface area (Å²) in [6.45, 7) is 3.11. The summed E-state index contributed by atoms with van der Waals surface area (Å²) in [5.74, 6) is 0.180. The van der Waals surface area contributed by atoms with Gasteiger partial charge in [0.05, 0.1) is 6.61 Å². The number of pyridine rings is 1. The van der Waals surface area contributed by atoms with E-state index in [1.54, 1.807) is 6.20 Å². The number of ether oxygens (including phenoxy) is 1. The van der Waals surface area contributed by atoms with Crippen LogP contribution in [0.15, 0.2) is 48.7 Å². The first-order valence-electron chi connectivity index (χ1n) is 7.36. The van der Waals surface area contributed by atoms with Crippen LogP contribution in [0.5, 0.6) is 5.88 Å². The summed E-state index contributed by atoms with van der Waals surface area (Å²) < 4.78 is 5.62. The Morgan fingerprint density at radius 3 is 2.73 bits per heavy atom. The molecule has 0 spiro atoms. The molecular weight excluding hydrogens is 278 g/mol. The number of carbonyl (C=O) groups excluding carboxylic acids is 1. The van der Waals surface area contributed by atoms with Crippen molar-refractivity contribution in [2.75, 3.05) is 6.61 Å². The summed E-state index contributed by atoms with van der Waals surface area (Å²) >= 11 is 0. The SMILES string of the molecule is CCCOc1ncccc1CNC(C(N)=O)c1ccccc1. The lowest BCUT2D eigenvalue weighted by atomic mass is 10.1. The van der Waals surface area contributed by atoms with Crippen LogP contribution in [0.3, 0.4) is 0 Å². The zero-order valence-electron chi connectivity index (χ0n) is 12.7. The molecule has 1 unspecified atom stereocenters. The minimum absolute atomic E-state index is 0.411. The molecule has 0 radical (unpaired) electrons. The Labute approximate surface area is 130 Å². The summed E-state index contributed by atoms with van der Waals surface area (Å²) in [6.07, 6.45) is 2.61. The monoisotopic (exact) mass is 299 g/mol. The molecule has 22 heavy (non-hydrogen) atoms. The van der Waals surface area contributed by atoms with E-state index in [9.17, 15) is 4.79 Å². The molecule has 2 rings (SSSR count). The highest BCUT2D eigenvalue weighted by atomic mass is 16.5. The van der Waals surface area contributed by atoms with Gasteiger partial charge in [-0.2, -0.15) is 0 Å². The summed E-state index contributed by atoms with van der Waals surface area (Å²) in [7, 11) is 0. The lowest BCUT2D eigenvalue weighted by molar-refractivity contribution is -0.120. The van der Waals surface area contributed by atoms with Gasteiger partial charge in [-0.1, -0.05) is 43.3 Å². The van der Waals surface area contributed by atoms with Gasteiger partial charge in [0.25, 0.3) is 0 Å². The first-order valence-corrected chi connectivity index (χ1v) is 7.36. The smallest absolute Gasteiger partial charge is 0.239 e. The van der Waals surface area contributed by atoms with E-state index >= 15 is 0 Å². The second-order valence-electron chi connectivity index (χ2n) is 4.94. The fraction of sp³-hybridized carbons (Fsp3) is 0.294. The van der Waals surface area contributed by atoms with Crippen molar-refractivity contribution in [2.45, 2.75) is 25.9 Å². The summed E-state index contributed by atoms with van der Waals surface area (Å²) in [5, 5.41) is 3.17. The molecule has 0 aliphatic heterocycles. The van der Waals surface area contributed by atoms with E-state index in [-0.39, 0.29) is 0 Å². The van der Waals surface area contributed by atoms with Crippen molar-refractivity contribution in [3.05, 3.63) is 59.8 Å². The van der Waals surface area contributed by atoms with E-state index in [0.29, 0.717) is 19.0 Å². The largest absolute Gasteiger partial charge is 0.477 e. The number of amides is 1. The van der Waals surface area contributed by atoms with E-state index in [4.69, 9.17) is 10.5 Å². The minimum Gasteiger partial charge on any atom is -0.477 e. The van der Waals surface area contributed by atoms with Gasteiger partial charge in [-0.05, 0) is 18.1 Å². The van der Waals surface area contributed by atoms with Crippen molar-refractivity contribution < 1.29 is 9.53 Å². The number of nitrogens with zero attached hydrogens (tertiary/aromatic N) is 1. The highest BCUT2D eigenvalue weighted by Gasteiger charge is 2.17. The minimum atomic E-state index is -0.541. The Bertz CT molecular complexity index is 602. The molecule has 0 saturated carbocycles. The topological polar surface area (TPSA) is 77.2 Å². The predicted octanol–water partition coefficient (Wildman–Crippen LogP) is 2.19. The van der Waals surface area contributed by atoms with Gasteiger partial charge in [0.15, 0.2) is 0 Å². The van der Waals surface area contributed by atoms with Crippen molar-refractivity contribution in [3.8, 4) is 5.88 Å². The molecule has 0 aliphatic rings. The van der Waals surface area contributed by atoms with Gasteiger partial charge < -0.3 is 10.5 Å². The molecule has 5 nitrogen and oxygen atoms in total. The highest BCUT2D eigenvalue weighted by molar-refractivity contribution is 5.81. The molecule has 0 fully saturated rings. The van der Waals surface area contributed by atoms with Crippen LogP contribution in [-0.2, 0) is 11.3 Å². The summed E-state index contributed by atoms with van der Waals surface area (Å²) in [4.78, 5) is 15.9. The van der Waals surface area contributed by atoms with Gasteiger partial charge in [-0.3, -0.25) is 10.1 Å². The second-order valence-corrected chi connectivity index (χ2v) is 4.94. The average molecular weight is 299 g/mol. The van der Waals surface area contributed by atoms with E-state index in [1.165, 1.54) is 0 Å². The van der Waals surface area contributed by atoms with Gasteiger partial charge in [0.1, 0.15) is 6.04 Å². The summed E-state index contributed by atoms with van der Waals surface area (Å²) in [5.41, 5.74) is 7.25. The third-order valence-corrected chi connectivity index (χ3v) is 3.21. The van der Waals surface area contributed by atoms with Crippen LogP contribution < -0.4 is 15.8 Å². The third kappa shape index (κ3) is 4.30. The zero-order chi connectivity index (χ0) is 15.8. The number of nitrogens with one attached hydrogen (secondary N) is 1. The van der Waals surface area contributed by atoms with Crippen LogP contribution in [0.1, 0.15) is 30.5 Å². The molecule has 5 heteroatoms. The van der Waals surface area contributed by atoms with Gasteiger partial charge in [0.2, 0.25) is 11.8 Å². The molecule has 2 aromatic rings. The van der Waals surface area contributed by atoms with E-state index in [0.717, 1.165) is 17.5 Å². The fourth-order valence-electron chi connectivity index (χ4n) is 2.13. The Morgan fingerprint density at radius 2 is 2.05 bits per heavy atom. The molecule has 0 aliphatic carbocycles. The zero-order valence-corrected chi connectivity index (χ0v) is 12.7. The van der Waals surface area contributed by atoms with Crippen molar-refractivity contribution >= 4 is 5.91 Å². The van der Waals surface area contributed by atoms with Crippen LogP contribution in [0.25, 0.3) is 0 Å². The van der Waals surface area contributed by atoms with Gasteiger partial charge >= 0.3 is 0 Å². The van der Waals surface area contributed by atoms with E-state index in [1.807, 2.05) is 49.4 Å². The van der Waals surface area contributed by atoms with Gasteiger partial charge in [-0.15, -0.1) is 0 Å². The number of nitrogens with two attached hydrogens (primary N) is 1. The normalized spacial score (nSPS) is 11.9. The summed E-state index contributed by atoms with van der Waals surface area (Å²) in [6, 6.07) is 12.6. The molecule has 116 valence electrons. The van der Waals surface area contributed by atoms with Crippen molar-refractivity contribution in [2.24, 2.45) is 5.73 Å². The number of aromatic nitrogens is 1. The number of rotatable bonds is 8. The van der Waals surface area contributed by atoms with Crippen molar-refractivity contribution in [3.63, 3.8) is 0 Å². The standard InChI is InChI=1S/C17H21N3O2/c1-2-11-22-17-14(9-6-10-19-17)12-20-15(16(18)21)13-7-4-3-5-8-13/h3-10,15,20H,2,11-12H2,1H3,(H2,18,21). The Balaban J connectivity index is 2.09. The van der Waals surface area contributed by atoms with Crippen molar-refractivity contribution in [1.82, 2.24) is 10.3 Å². The van der Waals surface area contributed by atoms with Gasteiger partial charge in [0, 0.05) is 18.3 Å². The molecule has 0 bridgehead atoms. The Morgan fingerprint density at radius 1 is 1.27 bits per heavy atom. The maximum absolute atomic E-state index is 11.7. The van der Waals surface area contributed by atoms with Crippen molar-refractivity contribution in [1.29, 1.82) is 0 Å². The lowest BCUT2D eigenvalue weighted by Gasteiger charge is -2.17. The quantitative estimate of drug-likeness (QED) is 0.783. The molecule has 1 amide bonds. The fourth-order valence-corrected chi connectivity index (χ4v) is 2.13. The molecule has 0 saturated heterocycles. The number of carbonyl (C=O) groups is 1. The second kappa shape index (κ2) is 8.14. The van der Waals surface area contributed by atoms with Crippen LogP contribution in [0, 0.1) is 0 Å². The van der Waals surface area contributed by atoms with Gasteiger partial charge in [-0.25, -0.2) is 4.98 Å².